The van der Waals surface area contributed by atoms with Crippen molar-refractivity contribution in [2.75, 3.05) is 13.2 Å². The summed E-state index contributed by atoms with van der Waals surface area (Å²) in [4.78, 5) is 25.9. The van der Waals surface area contributed by atoms with Gasteiger partial charge in [0.15, 0.2) is 5.82 Å². The Kier molecular flexibility index (Phi) is 8.62. The monoisotopic (exact) mass is 402 g/mol. The molecule has 0 aromatic heterocycles. The van der Waals surface area contributed by atoms with Crippen molar-refractivity contribution >= 4 is 23.6 Å². The SMILES string of the molecule is CCCCOC(=O)/C(C=NCCC)=C(/O)c1c(F)c(C)c(F)c(F)c1[N+](=O)[O-]. The largest absolute Gasteiger partial charge is 0.506 e. The number of benzene rings is 1. The van der Waals surface area contributed by atoms with Gasteiger partial charge in [0.05, 0.1) is 11.5 Å². The maximum atomic E-state index is 14.5. The van der Waals surface area contributed by atoms with Crippen molar-refractivity contribution < 1.29 is 32.7 Å². The lowest BCUT2D eigenvalue weighted by Gasteiger charge is -2.11. The molecule has 0 unspecified atom stereocenters. The molecular formula is C18H21F3N2O5. The number of nitro groups is 1. The summed E-state index contributed by atoms with van der Waals surface area (Å²) in [5.41, 5.74) is -4.45. The average Bonchev–Trinajstić information content (AvgIpc) is 2.65. The Balaban J connectivity index is 3.71. The van der Waals surface area contributed by atoms with Crippen molar-refractivity contribution in [3.8, 4) is 0 Å². The van der Waals surface area contributed by atoms with Crippen molar-refractivity contribution in [3.63, 3.8) is 0 Å². The molecule has 1 aromatic carbocycles. The van der Waals surface area contributed by atoms with Gasteiger partial charge in [0.25, 0.3) is 0 Å². The van der Waals surface area contributed by atoms with Gasteiger partial charge in [0, 0.05) is 18.3 Å². The minimum Gasteiger partial charge on any atom is -0.506 e. The Hall–Kier alpha value is -2.91. The number of aliphatic hydroxyl groups is 1. The second-order valence-electron chi connectivity index (χ2n) is 5.83. The van der Waals surface area contributed by atoms with Gasteiger partial charge in [-0.15, -0.1) is 0 Å². The highest BCUT2D eigenvalue weighted by Gasteiger charge is 2.35. The zero-order valence-corrected chi connectivity index (χ0v) is 15.7. The molecule has 154 valence electrons. The average molecular weight is 402 g/mol. The van der Waals surface area contributed by atoms with E-state index in [0.29, 0.717) is 19.3 Å². The molecule has 7 nitrogen and oxygen atoms in total. The van der Waals surface area contributed by atoms with Crippen LogP contribution in [0, 0.1) is 34.5 Å². The van der Waals surface area contributed by atoms with Gasteiger partial charge in [-0.2, -0.15) is 4.39 Å². The molecule has 0 bridgehead atoms. The standard InChI is InChI=1S/C18H21F3N2O5/c1-4-6-8-28-18(25)11(9-22-7-5-2)17(24)12-13(19)10(3)14(20)15(21)16(12)23(26)27/h9,24H,4-8H2,1-3H3/b17-11+,22-9?. The first-order valence-electron chi connectivity index (χ1n) is 8.60. The summed E-state index contributed by atoms with van der Waals surface area (Å²) in [5.74, 6) is -7.65. The molecule has 0 fully saturated rings. The van der Waals surface area contributed by atoms with E-state index >= 15 is 0 Å². The Morgan fingerprint density at radius 2 is 1.86 bits per heavy atom. The topological polar surface area (TPSA) is 102 Å². The number of carbonyl (C=O) groups excluding carboxylic acids is 1. The normalized spacial score (nSPS) is 12.2. The molecular weight excluding hydrogens is 381 g/mol. The Bertz CT molecular complexity index is 822. The second-order valence-corrected chi connectivity index (χ2v) is 5.83. The van der Waals surface area contributed by atoms with Gasteiger partial charge in [-0.3, -0.25) is 15.1 Å². The van der Waals surface area contributed by atoms with Crippen LogP contribution in [0.5, 0.6) is 0 Å². The summed E-state index contributed by atoms with van der Waals surface area (Å²) in [6.07, 6.45) is 2.65. The Labute approximate surface area is 159 Å². The first-order chi connectivity index (χ1) is 13.2. The minimum absolute atomic E-state index is 0.0187. The van der Waals surface area contributed by atoms with Gasteiger partial charge in [-0.25, -0.2) is 13.6 Å². The van der Waals surface area contributed by atoms with Crippen LogP contribution >= 0.6 is 0 Å². The maximum absolute atomic E-state index is 14.5. The van der Waals surface area contributed by atoms with Crippen molar-refractivity contribution in [2.45, 2.75) is 40.0 Å². The van der Waals surface area contributed by atoms with E-state index in [0.717, 1.165) is 13.1 Å². The van der Waals surface area contributed by atoms with Crippen molar-refractivity contribution in [3.05, 3.63) is 44.3 Å². The summed E-state index contributed by atoms with van der Waals surface area (Å²) in [5, 5.41) is 21.6. The number of hydrogen-bond donors (Lipinski definition) is 1. The van der Waals surface area contributed by atoms with Crippen LogP contribution < -0.4 is 0 Å². The quantitative estimate of drug-likeness (QED) is 0.0963. The zero-order chi connectivity index (χ0) is 21.4. The minimum atomic E-state index is -1.95. The van der Waals surface area contributed by atoms with Gasteiger partial charge in [-0.1, -0.05) is 20.3 Å². The van der Waals surface area contributed by atoms with Crippen molar-refractivity contribution in [2.24, 2.45) is 4.99 Å². The number of rotatable bonds is 9. The lowest BCUT2D eigenvalue weighted by molar-refractivity contribution is -0.388. The highest BCUT2D eigenvalue weighted by molar-refractivity contribution is 6.15. The summed E-state index contributed by atoms with van der Waals surface area (Å²) < 4.78 is 47.3. The third kappa shape index (κ3) is 5.08. The fourth-order valence-corrected chi connectivity index (χ4v) is 2.17. The number of carbonyl (C=O) groups is 1. The fourth-order valence-electron chi connectivity index (χ4n) is 2.17. The van der Waals surface area contributed by atoms with Crippen LogP contribution in [0.3, 0.4) is 0 Å². The third-order valence-electron chi connectivity index (χ3n) is 3.71. The summed E-state index contributed by atoms with van der Waals surface area (Å²) in [6, 6.07) is 0. The molecule has 0 saturated heterocycles. The van der Waals surface area contributed by atoms with Crippen LogP contribution in [-0.4, -0.2) is 35.4 Å². The van der Waals surface area contributed by atoms with Crippen LogP contribution in [0.4, 0.5) is 18.9 Å². The first kappa shape index (κ1) is 23.1. The number of ether oxygens (including phenoxy) is 1. The van der Waals surface area contributed by atoms with Crippen molar-refractivity contribution in [1.82, 2.24) is 0 Å². The molecule has 1 N–H and O–H groups in total. The highest BCUT2D eigenvalue weighted by atomic mass is 19.2. The third-order valence-corrected chi connectivity index (χ3v) is 3.71. The van der Waals surface area contributed by atoms with E-state index in [1.165, 1.54) is 0 Å². The van der Waals surface area contributed by atoms with Gasteiger partial charge >= 0.3 is 11.7 Å². The number of esters is 1. The summed E-state index contributed by atoms with van der Waals surface area (Å²) >= 11 is 0. The van der Waals surface area contributed by atoms with Gasteiger partial charge < -0.3 is 9.84 Å². The Morgan fingerprint density at radius 1 is 1.21 bits per heavy atom. The van der Waals surface area contributed by atoms with Gasteiger partial charge in [0.2, 0.25) is 5.82 Å². The molecule has 10 heteroatoms. The molecule has 0 aliphatic rings. The van der Waals surface area contributed by atoms with Gasteiger partial charge in [0.1, 0.15) is 22.7 Å². The van der Waals surface area contributed by atoms with Crippen LogP contribution in [0.25, 0.3) is 5.76 Å². The zero-order valence-electron chi connectivity index (χ0n) is 15.7. The molecule has 0 radical (unpaired) electrons. The molecule has 0 spiro atoms. The van der Waals surface area contributed by atoms with E-state index in [9.17, 15) is 33.2 Å². The second kappa shape index (κ2) is 10.4. The molecule has 28 heavy (non-hydrogen) atoms. The van der Waals surface area contributed by atoms with Crippen molar-refractivity contribution in [1.29, 1.82) is 0 Å². The van der Waals surface area contributed by atoms with Crippen LogP contribution in [0.1, 0.15) is 44.2 Å². The molecule has 0 aliphatic heterocycles. The lowest BCUT2D eigenvalue weighted by atomic mass is 10.0. The van der Waals surface area contributed by atoms with E-state index in [2.05, 4.69) is 4.99 Å². The molecule has 0 aliphatic carbocycles. The number of halogens is 3. The van der Waals surface area contributed by atoms with E-state index in [-0.39, 0.29) is 13.2 Å². The number of aliphatic imine (C=N–C) groups is 1. The highest BCUT2D eigenvalue weighted by Crippen LogP contribution is 2.35. The van der Waals surface area contributed by atoms with Crippen LogP contribution in [0.15, 0.2) is 10.6 Å². The van der Waals surface area contributed by atoms with E-state index in [4.69, 9.17) is 4.74 Å². The molecule has 0 atom stereocenters. The molecule has 0 amide bonds. The Morgan fingerprint density at radius 3 is 2.39 bits per heavy atom. The smallest absolute Gasteiger partial charge is 0.343 e. The number of unbranched alkanes of at least 4 members (excludes halogenated alkanes) is 1. The number of nitro benzene ring substituents is 1. The predicted molar refractivity (Wildman–Crippen MR) is 96.8 cm³/mol. The molecule has 1 rings (SSSR count). The fraction of sp³-hybridized carbons (Fsp3) is 0.444. The molecule has 1 aromatic rings. The van der Waals surface area contributed by atoms with E-state index < -0.39 is 56.5 Å². The van der Waals surface area contributed by atoms with E-state index in [1.54, 1.807) is 6.92 Å². The summed E-state index contributed by atoms with van der Waals surface area (Å²) in [7, 11) is 0. The summed E-state index contributed by atoms with van der Waals surface area (Å²) in [6.45, 7) is 4.69. The number of nitrogens with zero attached hydrogens (tertiary/aromatic N) is 2. The maximum Gasteiger partial charge on any atom is 0.343 e. The first-order valence-corrected chi connectivity index (χ1v) is 8.60. The van der Waals surface area contributed by atoms with Crippen LogP contribution in [-0.2, 0) is 9.53 Å². The number of hydrogen-bond acceptors (Lipinski definition) is 6. The number of aliphatic hydroxyl groups excluding tert-OH is 1. The van der Waals surface area contributed by atoms with Gasteiger partial charge in [-0.05, 0) is 19.8 Å². The predicted octanol–water partition coefficient (Wildman–Crippen LogP) is 4.41. The molecule has 0 heterocycles. The lowest BCUT2D eigenvalue weighted by Crippen LogP contribution is -2.15. The van der Waals surface area contributed by atoms with E-state index in [1.807, 2.05) is 6.92 Å². The molecule has 0 saturated carbocycles. The van der Waals surface area contributed by atoms with Crippen LogP contribution in [0.2, 0.25) is 0 Å².